The molecule has 1 aromatic rings. The van der Waals surface area contributed by atoms with Gasteiger partial charge in [0.25, 0.3) is 0 Å². The monoisotopic (exact) mass is 174 g/mol. The molecule has 13 heavy (non-hydrogen) atoms. The average molecular weight is 174 g/mol. The number of fused-ring (bicyclic) bond motifs is 1. The topological polar surface area (TPSA) is 9.23 Å². The number of para-hydroxylation sites is 1. The Morgan fingerprint density at radius 1 is 1.46 bits per heavy atom. The van der Waals surface area contributed by atoms with Gasteiger partial charge >= 0.3 is 0 Å². The van der Waals surface area contributed by atoms with E-state index in [2.05, 4.69) is 18.7 Å². The highest BCUT2D eigenvalue weighted by atomic mass is 16.5. The van der Waals surface area contributed by atoms with Crippen LogP contribution in [0.2, 0.25) is 0 Å². The molecule has 0 radical (unpaired) electrons. The first-order valence-corrected chi connectivity index (χ1v) is 4.75. The summed E-state index contributed by atoms with van der Waals surface area (Å²) in [5.41, 5.74) is 1.34. The van der Waals surface area contributed by atoms with Crippen LogP contribution >= 0.6 is 0 Å². The fraction of sp³-hybridized carbons (Fsp3) is 0.333. The van der Waals surface area contributed by atoms with Crippen LogP contribution in [-0.2, 0) is 6.42 Å². The number of allylic oxidation sites excluding steroid dienone is 1. The molecule has 1 heterocycles. The first-order valence-electron chi connectivity index (χ1n) is 4.75. The first-order chi connectivity index (χ1) is 6.40. The predicted molar refractivity (Wildman–Crippen MR) is 54.0 cm³/mol. The summed E-state index contributed by atoms with van der Waals surface area (Å²) in [7, 11) is 0. The first kappa shape index (κ1) is 8.36. The highest BCUT2D eigenvalue weighted by molar-refractivity contribution is 5.37. The molecule has 2 rings (SSSR count). The van der Waals surface area contributed by atoms with E-state index in [4.69, 9.17) is 4.74 Å². The lowest BCUT2D eigenvalue weighted by Crippen LogP contribution is -2.11. The third-order valence-electron chi connectivity index (χ3n) is 2.41. The van der Waals surface area contributed by atoms with Crippen LogP contribution in [0, 0.1) is 0 Å². The summed E-state index contributed by atoms with van der Waals surface area (Å²) >= 11 is 0. The Labute approximate surface area is 79.0 Å². The molecule has 0 spiro atoms. The van der Waals surface area contributed by atoms with Crippen molar-refractivity contribution in [3.8, 4) is 5.75 Å². The largest absolute Gasteiger partial charge is 0.490 e. The number of benzene rings is 1. The Kier molecular flexibility index (Phi) is 2.35. The van der Waals surface area contributed by atoms with Crippen LogP contribution in [0.25, 0.3) is 0 Å². The number of ether oxygens (including phenoxy) is 1. The third kappa shape index (κ3) is 1.74. The Morgan fingerprint density at radius 3 is 3.08 bits per heavy atom. The molecule has 1 atom stereocenters. The van der Waals surface area contributed by atoms with Crippen LogP contribution in [-0.4, -0.2) is 6.10 Å². The molecule has 0 aliphatic carbocycles. The van der Waals surface area contributed by atoms with Crippen LogP contribution in [0.4, 0.5) is 0 Å². The van der Waals surface area contributed by atoms with E-state index in [9.17, 15) is 0 Å². The van der Waals surface area contributed by atoms with Crippen LogP contribution in [0.3, 0.4) is 0 Å². The van der Waals surface area contributed by atoms with E-state index >= 15 is 0 Å². The lowest BCUT2D eigenvalue weighted by atomic mass is 10.1. The smallest absolute Gasteiger partial charge is 0.123 e. The van der Waals surface area contributed by atoms with Gasteiger partial charge in [-0.3, -0.25) is 0 Å². The van der Waals surface area contributed by atoms with Gasteiger partial charge < -0.3 is 4.74 Å². The minimum absolute atomic E-state index is 0.371. The molecule has 0 N–H and O–H groups in total. The van der Waals surface area contributed by atoms with Crippen molar-refractivity contribution in [1.29, 1.82) is 0 Å². The summed E-state index contributed by atoms with van der Waals surface area (Å²) in [6.45, 7) is 3.72. The normalized spacial score (nSPS) is 19.2. The lowest BCUT2D eigenvalue weighted by Gasteiger charge is -2.07. The highest BCUT2D eigenvalue weighted by Crippen LogP contribution is 2.29. The van der Waals surface area contributed by atoms with Gasteiger partial charge in [0, 0.05) is 6.42 Å². The lowest BCUT2D eigenvalue weighted by molar-refractivity contribution is 0.223. The highest BCUT2D eigenvalue weighted by Gasteiger charge is 2.20. The van der Waals surface area contributed by atoms with Gasteiger partial charge in [0.05, 0.1) is 0 Å². The van der Waals surface area contributed by atoms with Gasteiger partial charge in [-0.25, -0.2) is 0 Å². The Balaban J connectivity index is 2.01. The van der Waals surface area contributed by atoms with Crippen molar-refractivity contribution in [2.75, 3.05) is 0 Å². The molecule has 68 valence electrons. The van der Waals surface area contributed by atoms with E-state index in [0.717, 1.165) is 25.0 Å². The predicted octanol–water partition coefficient (Wildman–Crippen LogP) is 2.96. The Hall–Kier alpha value is -1.24. The maximum absolute atomic E-state index is 5.76. The summed E-state index contributed by atoms with van der Waals surface area (Å²) in [6, 6.07) is 8.28. The fourth-order valence-electron chi connectivity index (χ4n) is 1.72. The van der Waals surface area contributed by atoms with Crippen molar-refractivity contribution in [3.05, 3.63) is 42.5 Å². The van der Waals surface area contributed by atoms with Gasteiger partial charge in [-0.05, 0) is 24.5 Å². The van der Waals surface area contributed by atoms with Crippen molar-refractivity contribution in [2.45, 2.75) is 25.4 Å². The van der Waals surface area contributed by atoms with Gasteiger partial charge in [0.15, 0.2) is 0 Å². The molecule has 1 heteroatoms. The second kappa shape index (κ2) is 3.65. The minimum atomic E-state index is 0.371. The minimum Gasteiger partial charge on any atom is -0.490 e. The second-order valence-corrected chi connectivity index (χ2v) is 3.42. The van der Waals surface area contributed by atoms with E-state index in [1.807, 2.05) is 18.2 Å². The summed E-state index contributed by atoms with van der Waals surface area (Å²) in [5, 5.41) is 0. The molecule has 1 aromatic carbocycles. The van der Waals surface area contributed by atoms with Gasteiger partial charge in [0.2, 0.25) is 0 Å². The number of rotatable bonds is 3. The van der Waals surface area contributed by atoms with Crippen molar-refractivity contribution < 1.29 is 4.74 Å². The molecule has 1 aliphatic rings. The summed E-state index contributed by atoms with van der Waals surface area (Å²) < 4.78 is 5.76. The van der Waals surface area contributed by atoms with E-state index in [0.29, 0.717) is 6.10 Å². The molecule has 0 amide bonds. The summed E-state index contributed by atoms with van der Waals surface area (Å²) in [5.74, 6) is 1.07. The van der Waals surface area contributed by atoms with Gasteiger partial charge in [-0.1, -0.05) is 24.3 Å². The third-order valence-corrected chi connectivity index (χ3v) is 2.41. The van der Waals surface area contributed by atoms with Gasteiger partial charge in [-0.15, -0.1) is 6.58 Å². The molecular weight excluding hydrogens is 160 g/mol. The fourth-order valence-corrected chi connectivity index (χ4v) is 1.72. The molecule has 0 saturated carbocycles. The van der Waals surface area contributed by atoms with Crippen LogP contribution in [0.15, 0.2) is 36.9 Å². The van der Waals surface area contributed by atoms with Gasteiger partial charge in [-0.2, -0.15) is 0 Å². The molecule has 0 bridgehead atoms. The quantitative estimate of drug-likeness (QED) is 0.640. The zero-order valence-electron chi connectivity index (χ0n) is 7.70. The van der Waals surface area contributed by atoms with Crippen molar-refractivity contribution in [3.63, 3.8) is 0 Å². The molecule has 1 unspecified atom stereocenters. The maximum Gasteiger partial charge on any atom is 0.123 e. The Bertz CT molecular complexity index is 279. The van der Waals surface area contributed by atoms with E-state index in [1.165, 1.54) is 5.56 Å². The van der Waals surface area contributed by atoms with Crippen molar-refractivity contribution in [2.24, 2.45) is 0 Å². The molecule has 0 saturated heterocycles. The molecule has 1 aliphatic heterocycles. The number of hydrogen-bond donors (Lipinski definition) is 0. The molecule has 1 nitrogen and oxygen atoms in total. The standard InChI is InChI=1S/C12H14O/c1-2-3-7-11-9-10-6-4-5-8-12(10)13-11/h2,4-6,8,11H,1,3,7,9H2. The zero-order valence-corrected chi connectivity index (χ0v) is 7.70. The average Bonchev–Trinajstić information content (AvgIpc) is 2.57. The zero-order chi connectivity index (χ0) is 9.10. The van der Waals surface area contributed by atoms with Gasteiger partial charge in [0.1, 0.15) is 11.9 Å². The van der Waals surface area contributed by atoms with Crippen LogP contribution in [0.5, 0.6) is 5.75 Å². The van der Waals surface area contributed by atoms with E-state index < -0.39 is 0 Å². The molecular formula is C12H14O. The summed E-state index contributed by atoms with van der Waals surface area (Å²) in [6.07, 6.45) is 5.50. The second-order valence-electron chi connectivity index (χ2n) is 3.42. The maximum atomic E-state index is 5.76. The SMILES string of the molecule is C=CCCC1Cc2ccccc2O1. The van der Waals surface area contributed by atoms with Crippen LogP contribution < -0.4 is 4.74 Å². The van der Waals surface area contributed by atoms with Crippen molar-refractivity contribution in [1.82, 2.24) is 0 Å². The Morgan fingerprint density at radius 2 is 2.31 bits per heavy atom. The van der Waals surface area contributed by atoms with Crippen LogP contribution in [0.1, 0.15) is 18.4 Å². The molecule has 0 fully saturated rings. The molecule has 0 aromatic heterocycles. The summed E-state index contributed by atoms with van der Waals surface area (Å²) in [4.78, 5) is 0. The number of hydrogen-bond acceptors (Lipinski definition) is 1. The van der Waals surface area contributed by atoms with Crippen molar-refractivity contribution >= 4 is 0 Å². The van der Waals surface area contributed by atoms with E-state index in [-0.39, 0.29) is 0 Å². The van der Waals surface area contributed by atoms with E-state index in [1.54, 1.807) is 0 Å².